The lowest BCUT2D eigenvalue weighted by Crippen LogP contribution is -2.30. The minimum Gasteiger partial charge on any atom is -0.396 e. The number of nitrogens with one attached hydrogen (secondary N) is 1. The van der Waals surface area contributed by atoms with Crippen LogP contribution in [0.2, 0.25) is 5.15 Å². The van der Waals surface area contributed by atoms with Crippen LogP contribution in [0.4, 0.5) is 11.5 Å². The molecule has 0 radical (unpaired) electrons. The van der Waals surface area contributed by atoms with Gasteiger partial charge in [0.05, 0.1) is 11.8 Å². The van der Waals surface area contributed by atoms with Crippen LogP contribution in [0.15, 0.2) is 12.1 Å². The Bertz CT molecular complexity index is 386. The Morgan fingerprint density at radius 1 is 1.41 bits per heavy atom. The highest BCUT2D eigenvalue weighted by molar-refractivity contribution is 6.29. The molecule has 1 saturated carbocycles. The van der Waals surface area contributed by atoms with Crippen LogP contribution in [0.3, 0.4) is 0 Å². The van der Waals surface area contributed by atoms with E-state index in [-0.39, 0.29) is 12.0 Å². The zero-order valence-corrected chi connectivity index (χ0v) is 10.5. The van der Waals surface area contributed by atoms with Crippen molar-refractivity contribution in [1.82, 2.24) is 4.98 Å². The van der Waals surface area contributed by atoms with Gasteiger partial charge >= 0.3 is 0 Å². The van der Waals surface area contributed by atoms with Crippen molar-refractivity contribution in [3.8, 4) is 0 Å². The minimum atomic E-state index is -0.211. The number of anilines is 2. The first-order valence-electron chi connectivity index (χ1n) is 6.01. The smallest absolute Gasteiger partial charge is 0.150 e. The van der Waals surface area contributed by atoms with Crippen molar-refractivity contribution in [2.24, 2.45) is 5.92 Å². The SMILES string of the molecule is Nc1ccc(Cl)nc1NCC1CCCCC1O. The third-order valence-corrected chi connectivity index (χ3v) is 3.50. The van der Waals surface area contributed by atoms with E-state index < -0.39 is 0 Å². The van der Waals surface area contributed by atoms with E-state index in [4.69, 9.17) is 17.3 Å². The van der Waals surface area contributed by atoms with Crippen molar-refractivity contribution >= 4 is 23.1 Å². The summed E-state index contributed by atoms with van der Waals surface area (Å²) in [6, 6.07) is 3.40. The number of aliphatic hydroxyl groups is 1. The molecule has 1 aliphatic carbocycles. The lowest BCUT2D eigenvalue weighted by Gasteiger charge is -2.27. The largest absolute Gasteiger partial charge is 0.396 e. The Morgan fingerprint density at radius 2 is 2.18 bits per heavy atom. The van der Waals surface area contributed by atoms with Gasteiger partial charge in [0.2, 0.25) is 0 Å². The van der Waals surface area contributed by atoms with Crippen LogP contribution in [-0.4, -0.2) is 22.7 Å². The summed E-state index contributed by atoms with van der Waals surface area (Å²) in [5.74, 6) is 0.888. The first-order chi connectivity index (χ1) is 8.16. The average Bonchev–Trinajstić information content (AvgIpc) is 2.32. The maximum atomic E-state index is 9.85. The summed E-state index contributed by atoms with van der Waals surface area (Å²) in [6.45, 7) is 0.693. The number of aliphatic hydroxyl groups excluding tert-OH is 1. The van der Waals surface area contributed by atoms with Crippen LogP contribution in [0, 0.1) is 5.92 Å². The summed E-state index contributed by atoms with van der Waals surface area (Å²) in [5.41, 5.74) is 6.38. The van der Waals surface area contributed by atoms with Gasteiger partial charge in [0, 0.05) is 12.5 Å². The summed E-state index contributed by atoms with van der Waals surface area (Å²) < 4.78 is 0. The van der Waals surface area contributed by atoms with Gasteiger partial charge < -0.3 is 16.2 Å². The molecule has 2 atom stereocenters. The van der Waals surface area contributed by atoms with Crippen LogP contribution in [0.5, 0.6) is 0 Å². The van der Waals surface area contributed by atoms with Gasteiger partial charge in [-0.3, -0.25) is 0 Å². The molecule has 4 nitrogen and oxygen atoms in total. The third kappa shape index (κ3) is 3.23. The molecule has 0 bridgehead atoms. The number of pyridine rings is 1. The summed E-state index contributed by atoms with van der Waals surface area (Å²) in [4.78, 5) is 4.13. The Kier molecular flexibility index (Phi) is 4.07. The van der Waals surface area contributed by atoms with Gasteiger partial charge in [0.25, 0.3) is 0 Å². The van der Waals surface area contributed by atoms with E-state index >= 15 is 0 Å². The topological polar surface area (TPSA) is 71.2 Å². The Morgan fingerprint density at radius 3 is 2.94 bits per heavy atom. The van der Waals surface area contributed by atoms with Crippen LogP contribution >= 0.6 is 11.6 Å². The standard InChI is InChI=1S/C12H18ClN3O/c13-11-6-5-9(14)12(16-11)15-7-8-3-1-2-4-10(8)17/h5-6,8,10,17H,1-4,7,14H2,(H,15,16). The van der Waals surface area contributed by atoms with Gasteiger partial charge in [-0.15, -0.1) is 0 Å². The molecule has 5 heteroatoms. The first kappa shape index (κ1) is 12.5. The van der Waals surface area contributed by atoms with E-state index in [1.165, 1.54) is 6.42 Å². The number of hydrogen-bond donors (Lipinski definition) is 3. The van der Waals surface area contributed by atoms with E-state index in [1.807, 2.05) is 0 Å². The van der Waals surface area contributed by atoms with Crippen molar-refractivity contribution < 1.29 is 5.11 Å². The highest BCUT2D eigenvalue weighted by atomic mass is 35.5. The fourth-order valence-corrected chi connectivity index (χ4v) is 2.39. The predicted octanol–water partition coefficient (Wildman–Crippen LogP) is 2.28. The van der Waals surface area contributed by atoms with Gasteiger partial charge in [-0.05, 0) is 25.0 Å². The molecule has 1 fully saturated rings. The Hall–Kier alpha value is -1.00. The molecule has 1 aromatic rings. The van der Waals surface area contributed by atoms with Crippen molar-refractivity contribution in [1.29, 1.82) is 0 Å². The fourth-order valence-electron chi connectivity index (χ4n) is 2.24. The number of nitrogens with zero attached hydrogens (tertiary/aromatic N) is 1. The molecule has 0 aliphatic heterocycles. The van der Waals surface area contributed by atoms with Crippen LogP contribution in [0.25, 0.3) is 0 Å². The molecule has 2 unspecified atom stereocenters. The summed E-state index contributed by atoms with van der Waals surface area (Å²) in [5, 5.41) is 13.4. The van der Waals surface area contributed by atoms with Gasteiger partial charge in [-0.25, -0.2) is 4.98 Å². The van der Waals surface area contributed by atoms with E-state index in [1.54, 1.807) is 12.1 Å². The van der Waals surface area contributed by atoms with Gasteiger partial charge in [-0.1, -0.05) is 24.4 Å². The van der Waals surface area contributed by atoms with Crippen LogP contribution in [0.1, 0.15) is 25.7 Å². The van der Waals surface area contributed by atoms with E-state index in [9.17, 15) is 5.11 Å². The van der Waals surface area contributed by atoms with Gasteiger partial charge in [0.1, 0.15) is 5.15 Å². The zero-order chi connectivity index (χ0) is 12.3. The molecule has 1 heterocycles. The number of rotatable bonds is 3. The molecule has 94 valence electrons. The molecule has 1 aliphatic rings. The maximum absolute atomic E-state index is 9.85. The molecule has 17 heavy (non-hydrogen) atoms. The average molecular weight is 256 g/mol. The monoisotopic (exact) mass is 255 g/mol. The first-order valence-corrected chi connectivity index (χ1v) is 6.38. The number of nitrogen functional groups attached to an aromatic ring is 1. The van der Waals surface area contributed by atoms with Gasteiger partial charge in [-0.2, -0.15) is 0 Å². The predicted molar refractivity (Wildman–Crippen MR) is 70.1 cm³/mol. The number of aromatic nitrogens is 1. The van der Waals surface area contributed by atoms with Crippen molar-refractivity contribution in [3.05, 3.63) is 17.3 Å². The quantitative estimate of drug-likeness (QED) is 0.725. The highest BCUT2D eigenvalue weighted by Crippen LogP contribution is 2.25. The van der Waals surface area contributed by atoms with Crippen LogP contribution < -0.4 is 11.1 Å². The molecule has 0 amide bonds. The zero-order valence-electron chi connectivity index (χ0n) is 9.69. The lowest BCUT2D eigenvalue weighted by atomic mass is 9.86. The Balaban J connectivity index is 1.94. The summed E-state index contributed by atoms with van der Waals surface area (Å²) >= 11 is 5.81. The second kappa shape index (κ2) is 5.56. The van der Waals surface area contributed by atoms with Crippen molar-refractivity contribution in [2.75, 3.05) is 17.6 Å². The normalized spacial score (nSPS) is 24.6. The van der Waals surface area contributed by atoms with Crippen LogP contribution in [-0.2, 0) is 0 Å². The molecule has 4 N–H and O–H groups in total. The third-order valence-electron chi connectivity index (χ3n) is 3.29. The Labute approximate surface area is 106 Å². The van der Waals surface area contributed by atoms with E-state index in [2.05, 4.69) is 10.3 Å². The summed E-state index contributed by atoms with van der Waals surface area (Å²) in [6.07, 6.45) is 4.04. The second-order valence-corrected chi connectivity index (χ2v) is 4.95. The summed E-state index contributed by atoms with van der Waals surface area (Å²) in [7, 11) is 0. The lowest BCUT2D eigenvalue weighted by molar-refractivity contribution is 0.0763. The highest BCUT2D eigenvalue weighted by Gasteiger charge is 2.22. The molecular formula is C12H18ClN3O. The number of halogens is 1. The fraction of sp³-hybridized carbons (Fsp3) is 0.583. The second-order valence-electron chi connectivity index (χ2n) is 4.56. The minimum absolute atomic E-state index is 0.211. The number of nitrogens with two attached hydrogens (primary N) is 1. The van der Waals surface area contributed by atoms with E-state index in [0.29, 0.717) is 23.2 Å². The number of hydrogen-bond acceptors (Lipinski definition) is 4. The maximum Gasteiger partial charge on any atom is 0.150 e. The molecule has 1 aromatic heterocycles. The molecule has 0 aromatic carbocycles. The van der Waals surface area contributed by atoms with Gasteiger partial charge in [0.15, 0.2) is 5.82 Å². The van der Waals surface area contributed by atoms with E-state index in [0.717, 1.165) is 19.3 Å². The van der Waals surface area contributed by atoms with Crippen molar-refractivity contribution in [3.63, 3.8) is 0 Å². The molecule has 2 rings (SSSR count). The molecule has 0 saturated heterocycles. The molecular weight excluding hydrogens is 238 g/mol. The van der Waals surface area contributed by atoms with Crippen molar-refractivity contribution in [2.45, 2.75) is 31.8 Å². The molecule has 0 spiro atoms.